The lowest BCUT2D eigenvalue weighted by molar-refractivity contribution is -0.138. The number of amides is 3. The summed E-state index contributed by atoms with van der Waals surface area (Å²) >= 11 is 1.53. The number of nitrogens with one attached hydrogen (secondary N) is 1. The molecule has 0 saturated carbocycles. The van der Waals surface area contributed by atoms with Crippen molar-refractivity contribution in [3.63, 3.8) is 0 Å². The van der Waals surface area contributed by atoms with E-state index < -0.39 is 9.84 Å². The molecule has 1 N–H and O–H groups in total. The van der Waals surface area contributed by atoms with Crippen LogP contribution in [-0.2, 0) is 24.2 Å². The predicted molar refractivity (Wildman–Crippen MR) is 113 cm³/mol. The SMILES string of the molecule is CC(C)CS(=O)(=O)CCNC(=O)CCCCCN1C(=O)CC(SC(C)C)C1=O. The summed E-state index contributed by atoms with van der Waals surface area (Å²) in [7, 11) is -3.12. The van der Waals surface area contributed by atoms with E-state index in [0.717, 1.165) is 6.42 Å². The molecule has 0 aromatic carbocycles. The molecule has 0 aromatic rings. The molecular formula is C19H34N2O5S2. The molecule has 1 aliphatic rings. The summed E-state index contributed by atoms with van der Waals surface area (Å²) in [5, 5.41) is 2.69. The van der Waals surface area contributed by atoms with Gasteiger partial charge in [0.25, 0.3) is 0 Å². The molecule has 0 aromatic heterocycles. The number of sulfone groups is 1. The van der Waals surface area contributed by atoms with Gasteiger partial charge in [0.1, 0.15) is 0 Å². The normalized spacial score (nSPS) is 17.8. The van der Waals surface area contributed by atoms with Crippen molar-refractivity contribution in [2.75, 3.05) is 24.6 Å². The van der Waals surface area contributed by atoms with Crippen LogP contribution in [0.4, 0.5) is 0 Å². The Labute approximate surface area is 173 Å². The number of hydrogen-bond donors (Lipinski definition) is 1. The fourth-order valence-corrected chi connectivity index (χ4v) is 5.82. The fraction of sp³-hybridized carbons (Fsp3) is 0.842. The van der Waals surface area contributed by atoms with Gasteiger partial charge in [0, 0.05) is 25.9 Å². The van der Waals surface area contributed by atoms with Crippen LogP contribution in [0.1, 0.15) is 59.8 Å². The predicted octanol–water partition coefficient (Wildman–Crippen LogP) is 2.00. The summed E-state index contributed by atoms with van der Waals surface area (Å²) in [6.45, 7) is 8.26. The van der Waals surface area contributed by atoms with Gasteiger partial charge in [-0.3, -0.25) is 19.3 Å². The van der Waals surface area contributed by atoms with Crippen molar-refractivity contribution in [2.24, 2.45) is 5.92 Å². The van der Waals surface area contributed by atoms with Gasteiger partial charge in [0.15, 0.2) is 9.84 Å². The van der Waals surface area contributed by atoms with Crippen LogP contribution in [0.2, 0.25) is 0 Å². The monoisotopic (exact) mass is 434 g/mol. The fourth-order valence-electron chi connectivity index (χ4n) is 3.08. The second kappa shape index (κ2) is 11.8. The van der Waals surface area contributed by atoms with Crippen molar-refractivity contribution in [3.8, 4) is 0 Å². The highest BCUT2D eigenvalue weighted by Crippen LogP contribution is 2.28. The Balaban J connectivity index is 2.18. The van der Waals surface area contributed by atoms with Crippen molar-refractivity contribution >= 4 is 39.3 Å². The standard InChI is InChI=1S/C19H34N2O5S2/c1-14(2)13-28(25,26)11-9-20-17(22)8-6-5-7-10-21-18(23)12-16(19(21)24)27-15(3)4/h14-16H,5-13H2,1-4H3,(H,20,22). The summed E-state index contributed by atoms with van der Waals surface area (Å²) in [6, 6.07) is 0. The summed E-state index contributed by atoms with van der Waals surface area (Å²) in [4.78, 5) is 37.4. The van der Waals surface area contributed by atoms with Gasteiger partial charge in [-0.25, -0.2) is 8.42 Å². The van der Waals surface area contributed by atoms with Crippen molar-refractivity contribution in [3.05, 3.63) is 0 Å². The summed E-state index contributed by atoms with van der Waals surface area (Å²) in [6.07, 6.45) is 2.65. The molecule has 1 saturated heterocycles. The first-order valence-corrected chi connectivity index (χ1v) is 12.7. The molecular weight excluding hydrogens is 400 g/mol. The third kappa shape index (κ3) is 9.41. The highest BCUT2D eigenvalue weighted by molar-refractivity contribution is 8.01. The van der Waals surface area contributed by atoms with E-state index in [1.165, 1.54) is 16.7 Å². The van der Waals surface area contributed by atoms with Crippen molar-refractivity contribution in [2.45, 2.75) is 70.3 Å². The Morgan fingerprint density at radius 3 is 2.46 bits per heavy atom. The number of likely N-dealkylation sites (tertiary alicyclic amines) is 1. The van der Waals surface area contributed by atoms with E-state index >= 15 is 0 Å². The summed E-state index contributed by atoms with van der Waals surface area (Å²) in [5.74, 6) is -0.192. The van der Waals surface area contributed by atoms with Gasteiger partial charge in [0.2, 0.25) is 17.7 Å². The quantitative estimate of drug-likeness (QED) is 0.351. The molecule has 28 heavy (non-hydrogen) atoms. The van der Waals surface area contributed by atoms with E-state index in [4.69, 9.17) is 0 Å². The zero-order valence-corrected chi connectivity index (χ0v) is 19.0. The van der Waals surface area contributed by atoms with Crippen molar-refractivity contribution < 1.29 is 22.8 Å². The number of carbonyl (C=O) groups excluding carboxylic acids is 3. The van der Waals surface area contributed by atoms with E-state index in [1.807, 2.05) is 27.7 Å². The second-order valence-electron chi connectivity index (χ2n) is 7.93. The van der Waals surface area contributed by atoms with Gasteiger partial charge in [-0.2, -0.15) is 0 Å². The Bertz CT molecular complexity index is 647. The van der Waals surface area contributed by atoms with Crippen LogP contribution in [-0.4, -0.2) is 66.1 Å². The van der Waals surface area contributed by atoms with Crippen LogP contribution in [0.5, 0.6) is 0 Å². The lowest BCUT2D eigenvalue weighted by atomic mass is 10.2. The number of imide groups is 1. The maximum absolute atomic E-state index is 12.3. The number of carbonyl (C=O) groups is 3. The molecule has 1 rings (SSSR count). The van der Waals surface area contributed by atoms with Gasteiger partial charge >= 0.3 is 0 Å². The zero-order chi connectivity index (χ0) is 21.3. The van der Waals surface area contributed by atoms with E-state index in [9.17, 15) is 22.8 Å². The van der Waals surface area contributed by atoms with E-state index in [1.54, 1.807) is 0 Å². The summed E-state index contributed by atoms with van der Waals surface area (Å²) < 4.78 is 23.5. The first-order valence-electron chi connectivity index (χ1n) is 9.98. The number of nitrogens with zero attached hydrogens (tertiary/aromatic N) is 1. The molecule has 1 aliphatic heterocycles. The average Bonchev–Trinajstić information content (AvgIpc) is 2.79. The minimum Gasteiger partial charge on any atom is -0.355 e. The molecule has 0 radical (unpaired) electrons. The van der Waals surface area contributed by atoms with Crippen LogP contribution >= 0.6 is 11.8 Å². The Morgan fingerprint density at radius 2 is 1.86 bits per heavy atom. The molecule has 3 amide bonds. The number of thioether (sulfide) groups is 1. The smallest absolute Gasteiger partial charge is 0.242 e. The number of unbranched alkanes of at least 4 members (excludes halogenated alkanes) is 2. The van der Waals surface area contributed by atoms with E-state index in [2.05, 4.69) is 5.32 Å². The largest absolute Gasteiger partial charge is 0.355 e. The maximum atomic E-state index is 12.3. The molecule has 0 spiro atoms. The lowest BCUT2D eigenvalue weighted by Crippen LogP contribution is -2.32. The van der Waals surface area contributed by atoms with Crippen LogP contribution in [0.15, 0.2) is 0 Å². The first kappa shape index (κ1) is 24.9. The van der Waals surface area contributed by atoms with Gasteiger partial charge in [0.05, 0.1) is 16.8 Å². The highest BCUT2D eigenvalue weighted by Gasteiger charge is 2.38. The third-order valence-electron chi connectivity index (χ3n) is 4.25. The van der Waals surface area contributed by atoms with Gasteiger partial charge < -0.3 is 5.32 Å². The first-order chi connectivity index (χ1) is 13.0. The van der Waals surface area contributed by atoms with E-state index in [0.29, 0.717) is 31.1 Å². The van der Waals surface area contributed by atoms with Gasteiger partial charge in [-0.15, -0.1) is 11.8 Å². The molecule has 1 heterocycles. The van der Waals surface area contributed by atoms with Gasteiger partial charge in [-0.05, 0) is 24.0 Å². The Hall–Kier alpha value is -1.09. The zero-order valence-electron chi connectivity index (χ0n) is 17.4. The summed E-state index contributed by atoms with van der Waals surface area (Å²) in [5.41, 5.74) is 0. The Morgan fingerprint density at radius 1 is 1.18 bits per heavy atom. The number of hydrogen-bond acceptors (Lipinski definition) is 6. The van der Waals surface area contributed by atoms with Crippen LogP contribution in [0.3, 0.4) is 0 Å². The van der Waals surface area contributed by atoms with Crippen molar-refractivity contribution in [1.82, 2.24) is 10.2 Å². The minimum absolute atomic E-state index is 0.0361. The number of rotatable bonds is 13. The second-order valence-corrected chi connectivity index (χ2v) is 11.9. The molecule has 1 unspecified atom stereocenters. The van der Waals surface area contributed by atoms with Crippen LogP contribution in [0, 0.1) is 5.92 Å². The molecule has 0 aliphatic carbocycles. The molecule has 1 fully saturated rings. The molecule has 162 valence electrons. The molecule has 7 nitrogen and oxygen atoms in total. The Kier molecular flexibility index (Phi) is 10.5. The van der Waals surface area contributed by atoms with Crippen LogP contribution in [0.25, 0.3) is 0 Å². The maximum Gasteiger partial charge on any atom is 0.242 e. The average molecular weight is 435 g/mol. The molecule has 1 atom stereocenters. The lowest BCUT2D eigenvalue weighted by Gasteiger charge is -2.15. The van der Waals surface area contributed by atoms with E-state index in [-0.39, 0.29) is 53.4 Å². The molecule has 9 heteroatoms. The van der Waals surface area contributed by atoms with Crippen LogP contribution < -0.4 is 5.32 Å². The third-order valence-corrected chi connectivity index (χ3v) is 7.49. The molecule has 0 bridgehead atoms. The minimum atomic E-state index is -3.12. The highest BCUT2D eigenvalue weighted by atomic mass is 32.2. The topological polar surface area (TPSA) is 101 Å². The van der Waals surface area contributed by atoms with Crippen molar-refractivity contribution in [1.29, 1.82) is 0 Å². The van der Waals surface area contributed by atoms with Gasteiger partial charge in [-0.1, -0.05) is 34.1 Å².